The fraction of sp³-hybridized carbons (Fsp3) is 0.100. The number of hydrazone groups is 1. The first-order valence-corrected chi connectivity index (χ1v) is 5.02. The Kier molecular flexibility index (Phi) is 3.28. The van der Waals surface area contributed by atoms with E-state index in [9.17, 15) is 5.11 Å². The van der Waals surface area contributed by atoms with Crippen LogP contribution >= 0.6 is 0 Å². The average molecular weight is 248 g/mol. The lowest BCUT2D eigenvalue weighted by atomic mass is 10.2. The summed E-state index contributed by atoms with van der Waals surface area (Å²) in [6.07, 6.45) is 2.89. The summed E-state index contributed by atoms with van der Waals surface area (Å²) in [6, 6.07) is 4.86. The largest absolute Gasteiger partial charge is 0.504 e. The van der Waals surface area contributed by atoms with Crippen molar-refractivity contribution in [2.75, 3.05) is 18.4 Å². The van der Waals surface area contributed by atoms with Crippen LogP contribution in [0.4, 0.5) is 5.95 Å². The van der Waals surface area contributed by atoms with Crippen molar-refractivity contribution in [1.82, 2.24) is 14.9 Å². The van der Waals surface area contributed by atoms with Gasteiger partial charge in [-0.15, -0.1) is 10.2 Å². The van der Waals surface area contributed by atoms with Crippen molar-refractivity contribution < 1.29 is 9.84 Å². The number of hydrogen-bond donors (Lipinski definition) is 3. The van der Waals surface area contributed by atoms with Gasteiger partial charge in [0.05, 0.1) is 13.3 Å². The van der Waals surface area contributed by atoms with Crippen molar-refractivity contribution in [2.45, 2.75) is 0 Å². The minimum Gasteiger partial charge on any atom is -0.504 e. The van der Waals surface area contributed by atoms with E-state index in [1.165, 1.54) is 30.4 Å². The number of rotatable bonds is 4. The van der Waals surface area contributed by atoms with Crippen LogP contribution in [-0.2, 0) is 0 Å². The molecule has 0 fully saturated rings. The molecule has 0 spiro atoms. The summed E-state index contributed by atoms with van der Waals surface area (Å²) in [5.41, 5.74) is 3.37. The second-order valence-electron chi connectivity index (χ2n) is 3.36. The molecule has 8 nitrogen and oxygen atoms in total. The van der Waals surface area contributed by atoms with Gasteiger partial charge in [0.15, 0.2) is 11.5 Å². The number of phenolic OH excluding ortho intramolecular Hbond substituents is 1. The van der Waals surface area contributed by atoms with Crippen LogP contribution in [-0.4, -0.2) is 33.3 Å². The van der Waals surface area contributed by atoms with Crippen LogP contribution in [0.2, 0.25) is 0 Å². The molecule has 0 saturated heterocycles. The first kappa shape index (κ1) is 11.7. The number of ether oxygens (including phenoxy) is 1. The zero-order valence-corrected chi connectivity index (χ0v) is 9.61. The normalized spacial score (nSPS) is 10.7. The Morgan fingerprint density at radius 1 is 1.56 bits per heavy atom. The van der Waals surface area contributed by atoms with Crippen LogP contribution in [0.25, 0.3) is 0 Å². The summed E-state index contributed by atoms with van der Waals surface area (Å²) < 4.78 is 6.18. The molecule has 4 N–H and O–H groups in total. The Hall–Kier alpha value is -2.77. The van der Waals surface area contributed by atoms with Gasteiger partial charge in [-0.2, -0.15) is 5.10 Å². The van der Waals surface area contributed by atoms with E-state index in [1.807, 2.05) is 0 Å². The van der Waals surface area contributed by atoms with E-state index in [-0.39, 0.29) is 5.75 Å². The number of nitrogens with one attached hydrogen (secondary N) is 1. The van der Waals surface area contributed by atoms with Crippen LogP contribution in [0.5, 0.6) is 11.5 Å². The molecule has 0 aliphatic heterocycles. The quantitative estimate of drug-likeness (QED) is 0.403. The number of anilines is 1. The lowest BCUT2D eigenvalue weighted by molar-refractivity contribution is 0.373. The maximum Gasteiger partial charge on any atom is 0.263 e. The third-order valence-corrected chi connectivity index (χ3v) is 2.16. The molecular weight excluding hydrogens is 236 g/mol. The third-order valence-electron chi connectivity index (χ3n) is 2.16. The monoisotopic (exact) mass is 248 g/mol. The standard InChI is InChI=1S/C10H12N6O2/c1-18-9-4-7(2-3-8(9)17)5-12-14-10-15-13-6-16(10)11/h2-6,17H,11H2,1H3,(H,14,15)/b12-5+. The molecular formula is C10H12N6O2. The number of aromatic nitrogens is 3. The maximum atomic E-state index is 9.42. The molecule has 2 rings (SSSR count). The van der Waals surface area contributed by atoms with Gasteiger partial charge < -0.3 is 15.7 Å². The van der Waals surface area contributed by atoms with Gasteiger partial charge in [-0.1, -0.05) is 0 Å². The molecule has 94 valence electrons. The van der Waals surface area contributed by atoms with Crippen molar-refractivity contribution in [3.8, 4) is 11.5 Å². The number of methoxy groups -OCH3 is 1. The van der Waals surface area contributed by atoms with E-state index in [1.54, 1.807) is 12.1 Å². The van der Waals surface area contributed by atoms with Crippen LogP contribution in [0.15, 0.2) is 29.6 Å². The smallest absolute Gasteiger partial charge is 0.263 e. The number of hydrogen-bond acceptors (Lipinski definition) is 7. The summed E-state index contributed by atoms with van der Waals surface area (Å²) in [5, 5.41) is 20.6. The number of nitrogen functional groups attached to an aromatic ring is 1. The van der Waals surface area contributed by atoms with E-state index >= 15 is 0 Å². The average Bonchev–Trinajstić information content (AvgIpc) is 2.77. The molecule has 1 aromatic carbocycles. The van der Waals surface area contributed by atoms with E-state index in [0.717, 1.165) is 5.56 Å². The first-order valence-electron chi connectivity index (χ1n) is 5.02. The summed E-state index contributed by atoms with van der Waals surface area (Å²) in [5.74, 6) is 6.25. The molecule has 1 aromatic heterocycles. The van der Waals surface area contributed by atoms with Gasteiger partial charge in [0.2, 0.25) is 0 Å². The number of nitrogens with two attached hydrogens (primary N) is 1. The van der Waals surface area contributed by atoms with Crippen LogP contribution < -0.4 is 16.0 Å². The maximum absolute atomic E-state index is 9.42. The molecule has 0 unspecified atom stereocenters. The first-order chi connectivity index (χ1) is 8.70. The minimum atomic E-state index is 0.0734. The van der Waals surface area contributed by atoms with Crippen molar-refractivity contribution in [3.05, 3.63) is 30.1 Å². The summed E-state index contributed by atoms with van der Waals surface area (Å²) in [6.45, 7) is 0. The highest BCUT2D eigenvalue weighted by molar-refractivity contribution is 5.81. The predicted molar refractivity (Wildman–Crippen MR) is 66.0 cm³/mol. The number of benzene rings is 1. The van der Waals surface area contributed by atoms with Gasteiger partial charge in [0, 0.05) is 0 Å². The Morgan fingerprint density at radius 2 is 2.39 bits per heavy atom. The van der Waals surface area contributed by atoms with Gasteiger partial charge in [-0.3, -0.25) is 0 Å². The minimum absolute atomic E-state index is 0.0734. The van der Waals surface area contributed by atoms with Gasteiger partial charge in [-0.25, -0.2) is 10.1 Å². The Balaban J connectivity index is 2.07. The highest BCUT2D eigenvalue weighted by Crippen LogP contribution is 2.25. The van der Waals surface area contributed by atoms with E-state index in [2.05, 4.69) is 20.7 Å². The fourth-order valence-electron chi connectivity index (χ4n) is 1.26. The van der Waals surface area contributed by atoms with Gasteiger partial charge in [0.25, 0.3) is 5.95 Å². The molecule has 2 aromatic rings. The zero-order chi connectivity index (χ0) is 13.0. The number of aromatic hydroxyl groups is 1. The Morgan fingerprint density at radius 3 is 3.06 bits per heavy atom. The van der Waals surface area contributed by atoms with Gasteiger partial charge in [-0.05, 0) is 23.8 Å². The molecule has 0 aliphatic carbocycles. The van der Waals surface area contributed by atoms with Crippen LogP contribution in [0.3, 0.4) is 0 Å². The van der Waals surface area contributed by atoms with Gasteiger partial charge >= 0.3 is 0 Å². The fourth-order valence-corrected chi connectivity index (χ4v) is 1.26. The van der Waals surface area contributed by atoms with E-state index in [0.29, 0.717) is 11.7 Å². The highest BCUT2D eigenvalue weighted by atomic mass is 16.5. The third kappa shape index (κ3) is 2.48. The number of phenols is 1. The molecule has 8 heteroatoms. The lowest BCUT2D eigenvalue weighted by Crippen LogP contribution is -2.10. The van der Waals surface area contributed by atoms with E-state index < -0.39 is 0 Å². The van der Waals surface area contributed by atoms with E-state index in [4.69, 9.17) is 10.6 Å². The molecule has 0 atom stereocenters. The summed E-state index contributed by atoms with van der Waals surface area (Å²) in [4.78, 5) is 0. The molecule has 0 amide bonds. The predicted octanol–water partition coefficient (Wildman–Crippen LogP) is 0.152. The second kappa shape index (κ2) is 5.04. The van der Waals surface area contributed by atoms with Crippen molar-refractivity contribution in [1.29, 1.82) is 0 Å². The molecule has 0 saturated carbocycles. The topological polar surface area (TPSA) is 111 Å². The molecule has 18 heavy (non-hydrogen) atoms. The SMILES string of the molecule is COc1cc(/C=N/Nc2nncn2N)ccc1O. The van der Waals surface area contributed by atoms with Crippen molar-refractivity contribution in [3.63, 3.8) is 0 Å². The lowest BCUT2D eigenvalue weighted by Gasteiger charge is -2.03. The van der Waals surface area contributed by atoms with Crippen LogP contribution in [0.1, 0.15) is 5.56 Å². The van der Waals surface area contributed by atoms with Crippen LogP contribution in [0, 0.1) is 0 Å². The van der Waals surface area contributed by atoms with Crippen molar-refractivity contribution >= 4 is 12.2 Å². The Labute approximate surface area is 103 Å². The molecule has 0 radical (unpaired) electrons. The molecule has 0 bridgehead atoms. The molecule has 1 heterocycles. The Bertz CT molecular complexity index is 565. The molecule has 0 aliphatic rings. The van der Waals surface area contributed by atoms with Gasteiger partial charge in [0.1, 0.15) is 6.33 Å². The number of nitrogens with zero attached hydrogens (tertiary/aromatic N) is 4. The zero-order valence-electron chi connectivity index (χ0n) is 9.61. The summed E-state index contributed by atoms with van der Waals surface area (Å²) in [7, 11) is 1.48. The second-order valence-corrected chi connectivity index (χ2v) is 3.36. The van der Waals surface area contributed by atoms with Crippen molar-refractivity contribution in [2.24, 2.45) is 5.10 Å². The highest BCUT2D eigenvalue weighted by Gasteiger charge is 2.01. The summed E-state index contributed by atoms with van der Waals surface area (Å²) >= 11 is 0.